The van der Waals surface area contributed by atoms with Gasteiger partial charge in [0.1, 0.15) is 6.54 Å². The van der Waals surface area contributed by atoms with E-state index < -0.39 is 36.3 Å². The predicted octanol–water partition coefficient (Wildman–Crippen LogP) is 3.94. The Labute approximate surface area is 222 Å². The van der Waals surface area contributed by atoms with Gasteiger partial charge in [0.15, 0.2) is 5.82 Å². The third kappa shape index (κ3) is 7.35. The molecule has 3 aromatic rings. The molecule has 1 aromatic heterocycles. The highest BCUT2D eigenvalue weighted by molar-refractivity contribution is 6.42. The molecule has 3 rings (SSSR count). The minimum atomic E-state index is -4.71. The van der Waals surface area contributed by atoms with Gasteiger partial charge in [0, 0.05) is 22.9 Å². The summed E-state index contributed by atoms with van der Waals surface area (Å²) in [5, 5.41) is 7.20. The van der Waals surface area contributed by atoms with Crippen molar-refractivity contribution >= 4 is 52.8 Å². The Balaban J connectivity index is 1.95. The summed E-state index contributed by atoms with van der Waals surface area (Å²) in [7, 11) is 0. The van der Waals surface area contributed by atoms with Crippen molar-refractivity contribution in [3.05, 3.63) is 79.7 Å². The van der Waals surface area contributed by atoms with Crippen molar-refractivity contribution in [1.29, 1.82) is 0 Å². The molecule has 1 atom stereocenters. The number of carbonyl (C=O) groups excluding carboxylic acids is 2. The fraction of sp³-hybridized carbons (Fsp3) is 0.182. The van der Waals surface area contributed by atoms with Gasteiger partial charge >= 0.3 is 11.9 Å². The van der Waals surface area contributed by atoms with Crippen molar-refractivity contribution in [1.82, 2.24) is 25.1 Å². The summed E-state index contributed by atoms with van der Waals surface area (Å²) >= 11 is 18.1. The molecule has 0 saturated carbocycles. The molecule has 0 fully saturated rings. The minimum Gasteiger partial charge on any atom is -0.347 e. The summed E-state index contributed by atoms with van der Waals surface area (Å²) < 4.78 is 39.7. The van der Waals surface area contributed by atoms with E-state index in [1.807, 2.05) is 5.43 Å². The number of nitrogens with zero attached hydrogens (tertiary/aromatic N) is 3. The molecular formula is C22H18Cl3F3N6O3. The van der Waals surface area contributed by atoms with Crippen molar-refractivity contribution < 1.29 is 22.8 Å². The van der Waals surface area contributed by atoms with Crippen LogP contribution in [0.25, 0.3) is 17.6 Å². The van der Waals surface area contributed by atoms with Crippen LogP contribution < -0.4 is 22.3 Å². The minimum absolute atomic E-state index is 0.0862. The number of hydrogen-bond acceptors (Lipinski definition) is 5. The maximum atomic E-state index is 12.9. The van der Waals surface area contributed by atoms with E-state index in [-0.39, 0.29) is 33.9 Å². The number of nitrogens with one attached hydrogen (secondary N) is 2. The van der Waals surface area contributed by atoms with Crippen LogP contribution >= 0.6 is 34.8 Å². The molecule has 2 aromatic carbocycles. The Hall–Kier alpha value is -3.32. The van der Waals surface area contributed by atoms with Crippen LogP contribution in [0, 0.1) is 0 Å². The molecule has 0 aliphatic heterocycles. The monoisotopic (exact) mass is 576 g/mol. The zero-order chi connectivity index (χ0) is 27.3. The number of alkyl halides is 3. The topological polar surface area (TPSA) is 124 Å². The third-order valence-electron chi connectivity index (χ3n) is 4.92. The number of hydrogen-bond donors (Lipinski definition) is 3. The molecule has 196 valence electrons. The standard InChI is InChI=1S/C22H18Cl3F3N6O3/c23-13-6-4-12(5-7-13)20-32-34(21(37)33(20)9-8-22(26,27)28)11-18(36)30-16(10-17(35)31-29)14-2-1-3-15(24)19(14)25/h1-9,16H,10-11,29H2,(H,30,36)(H,31,35)/b9-8+. The predicted molar refractivity (Wildman–Crippen MR) is 133 cm³/mol. The van der Waals surface area contributed by atoms with Crippen molar-refractivity contribution in [2.75, 3.05) is 0 Å². The van der Waals surface area contributed by atoms with Crippen LogP contribution in [0.4, 0.5) is 13.2 Å². The third-order valence-corrected chi connectivity index (χ3v) is 6.01. The van der Waals surface area contributed by atoms with E-state index in [1.165, 1.54) is 36.4 Å². The Morgan fingerprint density at radius 1 is 1.08 bits per heavy atom. The average Bonchev–Trinajstić information content (AvgIpc) is 3.13. The van der Waals surface area contributed by atoms with Crippen molar-refractivity contribution in [2.24, 2.45) is 5.84 Å². The fourth-order valence-electron chi connectivity index (χ4n) is 3.26. The van der Waals surface area contributed by atoms with Gasteiger partial charge in [0.2, 0.25) is 11.8 Å². The second-order valence-electron chi connectivity index (χ2n) is 7.53. The zero-order valence-corrected chi connectivity index (χ0v) is 20.9. The number of amides is 2. The molecule has 1 unspecified atom stereocenters. The smallest absolute Gasteiger partial charge is 0.347 e. The molecule has 0 radical (unpaired) electrons. The number of allylic oxidation sites excluding steroid dienone is 1. The summed E-state index contributed by atoms with van der Waals surface area (Å²) in [6.07, 6.45) is -4.66. The SMILES string of the molecule is NNC(=O)CC(NC(=O)Cn1nc(-c2ccc(Cl)cc2)n(/C=C/C(F)(F)F)c1=O)c1cccc(Cl)c1Cl. The Bertz CT molecular complexity index is 1390. The van der Waals surface area contributed by atoms with Crippen LogP contribution in [-0.4, -0.2) is 32.3 Å². The van der Waals surface area contributed by atoms with E-state index in [0.29, 0.717) is 26.0 Å². The van der Waals surface area contributed by atoms with E-state index in [4.69, 9.17) is 40.6 Å². The normalized spacial score (nSPS) is 12.5. The molecule has 2 amide bonds. The van der Waals surface area contributed by atoms with Crippen LogP contribution in [0.15, 0.2) is 53.3 Å². The largest absolute Gasteiger partial charge is 0.411 e. The summed E-state index contributed by atoms with van der Waals surface area (Å²) in [6.45, 7) is -0.689. The van der Waals surface area contributed by atoms with Crippen LogP contribution in [0.5, 0.6) is 0 Å². The second kappa shape index (κ2) is 11.8. The van der Waals surface area contributed by atoms with Crippen molar-refractivity contribution in [3.63, 3.8) is 0 Å². The van der Waals surface area contributed by atoms with Gasteiger partial charge in [-0.1, -0.05) is 46.9 Å². The first-order valence-corrected chi connectivity index (χ1v) is 11.5. The lowest BCUT2D eigenvalue weighted by molar-refractivity contribution is -0.124. The molecule has 0 aliphatic carbocycles. The first kappa shape index (κ1) is 28.3. The van der Waals surface area contributed by atoms with Gasteiger partial charge in [0.05, 0.1) is 22.5 Å². The number of benzene rings is 2. The number of nitrogens with two attached hydrogens (primary N) is 1. The number of rotatable bonds is 8. The highest BCUT2D eigenvalue weighted by atomic mass is 35.5. The second-order valence-corrected chi connectivity index (χ2v) is 8.75. The molecular weight excluding hydrogens is 560 g/mol. The maximum Gasteiger partial charge on any atom is 0.411 e. The van der Waals surface area contributed by atoms with Gasteiger partial charge in [-0.25, -0.2) is 19.9 Å². The van der Waals surface area contributed by atoms with Crippen molar-refractivity contribution in [2.45, 2.75) is 25.2 Å². The van der Waals surface area contributed by atoms with Gasteiger partial charge in [-0.15, -0.1) is 5.10 Å². The first-order chi connectivity index (χ1) is 17.4. The summed E-state index contributed by atoms with van der Waals surface area (Å²) in [5.41, 5.74) is 1.51. The molecule has 37 heavy (non-hydrogen) atoms. The molecule has 0 aliphatic rings. The maximum absolute atomic E-state index is 12.9. The lowest BCUT2D eigenvalue weighted by atomic mass is 10.0. The lowest BCUT2D eigenvalue weighted by Crippen LogP contribution is -2.39. The summed E-state index contributed by atoms with van der Waals surface area (Å²) in [4.78, 5) is 37.7. The van der Waals surface area contributed by atoms with Gasteiger partial charge in [-0.2, -0.15) is 13.2 Å². The van der Waals surface area contributed by atoms with Crippen LogP contribution in [0.1, 0.15) is 18.0 Å². The molecule has 0 saturated heterocycles. The quantitative estimate of drug-likeness (QED) is 0.213. The highest BCUT2D eigenvalue weighted by Crippen LogP contribution is 2.31. The molecule has 1 heterocycles. The van der Waals surface area contributed by atoms with E-state index in [2.05, 4.69) is 10.4 Å². The number of aromatic nitrogens is 3. The number of hydrazine groups is 1. The Morgan fingerprint density at radius 3 is 2.38 bits per heavy atom. The molecule has 9 nitrogen and oxygen atoms in total. The van der Waals surface area contributed by atoms with Gasteiger partial charge in [0.25, 0.3) is 0 Å². The average molecular weight is 578 g/mol. The lowest BCUT2D eigenvalue weighted by Gasteiger charge is -2.20. The number of carbonyl (C=O) groups is 2. The summed E-state index contributed by atoms with van der Waals surface area (Å²) in [5.74, 6) is 3.57. The van der Waals surface area contributed by atoms with E-state index in [0.717, 1.165) is 0 Å². The van der Waals surface area contributed by atoms with Crippen molar-refractivity contribution in [3.8, 4) is 11.4 Å². The Kier molecular flexibility index (Phi) is 9.02. The van der Waals surface area contributed by atoms with Crippen LogP contribution in [0.3, 0.4) is 0 Å². The van der Waals surface area contributed by atoms with Crippen LogP contribution in [-0.2, 0) is 16.1 Å². The van der Waals surface area contributed by atoms with E-state index in [9.17, 15) is 27.6 Å². The van der Waals surface area contributed by atoms with Crippen LogP contribution in [0.2, 0.25) is 15.1 Å². The molecule has 4 N–H and O–H groups in total. The highest BCUT2D eigenvalue weighted by Gasteiger charge is 2.25. The fourth-order valence-corrected chi connectivity index (χ4v) is 3.83. The van der Waals surface area contributed by atoms with Gasteiger partial charge in [-0.05, 0) is 35.9 Å². The molecule has 15 heteroatoms. The number of halogens is 6. The van der Waals surface area contributed by atoms with E-state index >= 15 is 0 Å². The Morgan fingerprint density at radius 2 is 1.76 bits per heavy atom. The van der Waals surface area contributed by atoms with Gasteiger partial charge < -0.3 is 5.32 Å². The molecule has 0 bridgehead atoms. The summed E-state index contributed by atoms with van der Waals surface area (Å²) in [6, 6.07) is 9.43. The molecule has 0 spiro atoms. The zero-order valence-electron chi connectivity index (χ0n) is 18.6. The first-order valence-electron chi connectivity index (χ1n) is 10.3. The van der Waals surface area contributed by atoms with E-state index in [1.54, 1.807) is 6.07 Å². The van der Waals surface area contributed by atoms with Gasteiger partial charge in [-0.3, -0.25) is 15.0 Å².